The number of nitrogens with zero attached hydrogens (tertiary/aromatic N) is 4. The number of nitriles is 1. The Bertz CT molecular complexity index is 1220. The smallest absolute Gasteiger partial charge is 0.267 e. The molecule has 3 aromatic rings. The third-order valence-corrected chi connectivity index (χ3v) is 5.75. The molecule has 164 valence electrons. The van der Waals surface area contributed by atoms with Gasteiger partial charge in [0.1, 0.15) is 5.56 Å². The molecule has 0 unspecified atom stereocenters. The summed E-state index contributed by atoms with van der Waals surface area (Å²) in [6, 6.07) is 17.2. The molecule has 1 amide bonds. The number of hydrogen-bond acceptors (Lipinski definition) is 5. The van der Waals surface area contributed by atoms with Crippen molar-refractivity contribution < 1.29 is 4.79 Å². The molecule has 4 rings (SSSR count). The summed E-state index contributed by atoms with van der Waals surface area (Å²) < 4.78 is 1.57. The summed E-state index contributed by atoms with van der Waals surface area (Å²) in [4.78, 5) is 30.2. The average Bonchev–Trinajstić information content (AvgIpc) is 2.81. The molecule has 1 aromatic carbocycles. The predicted molar refractivity (Wildman–Crippen MR) is 125 cm³/mol. The molecule has 1 fully saturated rings. The van der Waals surface area contributed by atoms with Crippen LogP contribution < -0.4 is 15.8 Å². The van der Waals surface area contributed by atoms with Crippen LogP contribution in [0.25, 0.3) is 5.52 Å². The number of piperazine rings is 1. The first kappa shape index (κ1) is 21.6. The van der Waals surface area contributed by atoms with Crippen molar-refractivity contribution in [2.45, 2.75) is 26.4 Å². The Balaban J connectivity index is 1.54. The molecule has 1 aliphatic rings. The molecule has 0 aliphatic carbocycles. The summed E-state index contributed by atoms with van der Waals surface area (Å²) in [6.45, 7) is 7.90. The molecule has 32 heavy (non-hydrogen) atoms. The Kier molecular flexibility index (Phi) is 6.24. The summed E-state index contributed by atoms with van der Waals surface area (Å²) in [5.41, 5.74) is 3.45. The van der Waals surface area contributed by atoms with Gasteiger partial charge in [0.2, 0.25) is 0 Å². The minimum absolute atomic E-state index is 0.0443. The standard InChI is InChI=1S/C25H27N5O2/c1-18(2)27-24(31)22-15-20(23-5-3-4-10-30(23)25(22)32)17-28-11-13-29(14-12-28)21-8-6-19(16-26)7-9-21/h3-10,15,18H,11-14,17H2,1-2H3,(H,27,31). The number of benzene rings is 1. The van der Waals surface area contributed by atoms with Gasteiger partial charge in [-0.15, -0.1) is 0 Å². The lowest BCUT2D eigenvalue weighted by atomic mass is 10.1. The molecule has 1 saturated heterocycles. The van der Waals surface area contributed by atoms with Crippen molar-refractivity contribution in [3.63, 3.8) is 0 Å². The van der Waals surface area contributed by atoms with E-state index in [4.69, 9.17) is 5.26 Å². The number of nitrogens with one attached hydrogen (secondary N) is 1. The van der Waals surface area contributed by atoms with E-state index in [-0.39, 0.29) is 23.1 Å². The molecule has 1 aliphatic heterocycles. The fraction of sp³-hybridized carbons (Fsp3) is 0.320. The van der Waals surface area contributed by atoms with Crippen molar-refractivity contribution in [3.8, 4) is 6.07 Å². The highest BCUT2D eigenvalue weighted by atomic mass is 16.2. The fourth-order valence-corrected chi connectivity index (χ4v) is 4.10. The molecular formula is C25H27N5O2. The van der Waals surface area contributed by atoms with Crippen LogP contribution in [0, 0.1) is 11.3 Å². The van der Waals surface area contributed by atoms with E-state index < -0.39 is 0 Å². The molecule has 0 spiro atoms. The summed E-state index contributed by atoms with van der Waals surface area (Å²) in [5, 5.41) is 11.8. The summed E-state index contributed by atoms with van der Waals surface area (Å²) in [7, 11) is 0. The predicted octanol–water partition coefficient (Wildman–Crippen LogP) is 2.63. The first-order valence-electron chi connectivity index (χ1n) is 10.9. The van der Waals surface area contributed by atoms with Crippen molar-refractivity contribution in [1.82, 2.24) is 14.6 Å². The molecule has 7 nitrogen and oxygen atoms in total. The number of aromatic nitrogens is 1. The number of pyridine rings is 2. The van der Waals surface area contributed by atoms with E-state index in [1.165, 1.54) is 0 Å². The number of carbonyl (C=O) groups is 1. The second-order valence-electron chi connectivity index (χ2n) is 8.39. The Labute approximate surface area is 187 Å². The van der Waals surface area contributed by atoms with Gasteiger partial charge < -0.3 is 10.2 Å². The minimum Gasteiger partial charge on any atom is -0.369 e. The monoisotopic (exact) mass is 429 g/mol. The number of carbonyl (C=O) groups excluding carboxylic acids is 1. The Hall–Kier alpha value is -3.63. The van der Waals surface area contributed by atoms with Crippen molar-refractivity contribution in [3.05, 3.63) is 81.8 Å². The molecule has 0 radical (unpaired) electrons. The summed E-state index contributed by atoms with van der Waals surface area (Å²) in [5.74, 6) is -0.338. The first-order chi connectivity index (χ1) is 15.5. The van der Waals surface area contributed by atoms with Crippen LogP contribution in [-0.4, -0.2) is 47.4 Å². The summed E-state index contributed by atoms with van der Waals surface area (Å²) in [6.07, 6.45) is 1.72. The fourth-order valence-electron chi connectivity index (χ4n) is 4.10. The van der Waals surface area contributed by atoms with Gasteiger partial charge in [-0.3, -0.25) is 18.9 Å². The van der Waals surface area contributed by atoms with E-state index in [1.807, 2.05) is 50.2 Å². The maximum atomic E-state index is 12.9. The highest BCUT2D eigenvalue weighted by Crippen LogP contribution is 2.19. The van der Waals surface area contributed by atoms with Crippen molar-refractivity contribution >= 4 is 17.1 Å². The molecule has 0 bridgehead atoms. The zero-order valence-corrected chi connectivity index (χ0v) is 18.4. The third kappa shape index (κ3) is 4.51. The molecule has 1 N–H and O–H groups in total. The zero-order valence-electron chi connectivity index (χ0n) is 18.4. The second-order valence-corrected chi connectivity index (χ2v) is 8.39. The number of amides is 1. The largest absolute Gasteiger partial charge is 0.369 e. The first-order valence-corrected chi connectivity index (χ1v) is 10.9. The van der Waals surface area contributed by atoms with Crippen LogP contribution in [0.2, 0.25) is 0 Å². The van der Waals surface area contributed by atoms with Gasteiger partial charge >= 0.3 is 0 Å². The van der Waals surface area contributed by atoms with E-state index in [0.717, 1.165) is 42.9 Å². The Morgan fingerprint density at radius 2 is 1.81 bits per heavy atom. The third-order valence-electron chi connectivity index (χ3n) is 5.75. The van der Waals surface area contributed by atoms with Gasteiger partial charge in [0.15, 0.2) is 0 Å². The van der Waals surface area contributed by atoms with Gasteiger partial charge in [0.05, 0.1) is 17.1 Å². The zero-order chi connectivity index (χ0) is 22.7. The highest BCUT2D eigenvalue weighted by Gasteiger charge is 2.21. The van der Waals surface area contributed by atoms with Crippen molar-refractivity contribution in [2.24, 2.45) is 0 Å². The van der Waals surface area contributed by atoms with E-state index >= 15 is 0 Å². The van der Waals surface area contributed by atoms with Crippen LogP contribution in [0.1, 0.15) is 35.3 Å². The maximum absolute atomic E-state index is 12.9. The van der Waals surface area contributed by atoms with Crippen LogP contribution >= 0.6 is 0 Å². The molecule has 2 aromatic heterocycles. The van der Waals surface area contributed by atoms with Gasteiger partial charge in [-0.05, 0) is 61.9 Å². The minimum atomic E-state index is -0.338. The maximum Gasteiger partial charge on any atom is 0.267 e. The van der Waals surface area contributed by atoms with Crippen LogP contribution in [0.4, 0.5) is 5.69 Å². The van der Waals surface area contributed by atoms with Gasteiger partial charge in [0.25, 0.3) is 11.5 Å². The van der Waals surface area contributed by atoms with E-state index in [9.17, 15) is 9.59 Å². The highest BCUT2D eigenvalue weighted by molar-refractivity contribution is 5.94. The second kappa shape index (κ2) is 9.25. The van der Waals surface area contributed by atoms with E-state index in [2.05, 4.69) is 21.2 Å². The number of hydrogen-bond donors (Lipinski definition) is 1. The van der Waals surface area contributed by atoms with Crippen LogP contribution in [0.15, 0.2) is 59.5 Å². The number of rotatable bonds is 5. The SMILES string of the molecule is CC(C)NC(=O)c1cc(CN2CCN(c3ccc(C#N)cc3)CC2)c2ccccn2c1=O. The van der Waals surface area contributed by atoms with Gasteiger partial charge in [-0.1, -0.05) is 6.07 Å². The molecular weight excluding hydrogens is 402 g/mol. The Morgan fingerprint density at radius 1 is 1.09 bits per heavy atom. The van der Waals surface area contributed by atoms with Crippen molar-refractivity contribution in [1.29, 1.82) is 5.26 Å². The van der Waals surface area contributed by atoms with Crippen LogP contribution in [0.3, 0.4) is 0 Å². The number of fused-ring (bicyclic) bond motifs is 1. The van der Waals surface area contributed by atoms with Crippen LogP contribution in [-0.2, 0) is 6.54 Å². The van der Waals surface area contributed by atoms with E-state index in [1.54, 1.807) is 22.7 Å². The lowest BCUT2D eigenvalue weighted by Crippen LogP contribution is -2.46. The molecule has 7 heteroatoms. The molecule has 3 heterocycles. The molecule has 0 atom stereocenters. The normalized spacial score (nSPS) is 14.5. The van der Waals surface area contributed by atoms with Crippen LogP contribution in [0.5, 0.6) is 0 Å². The van der Waals surface area contributed by atoms with Crippen molar-refractivity contribution in [2.75, 3.05) is 31.1 Å². The quantitative estimate of drug-likeness (QED) is 0.674. The van der Waals surface area contributed by atoms with Gasteiger partial charge in [0, 0.05) is 50.6 Å². The molecule has 0 saturated carbocycles. The van der Waals surface area contributed by atoms with E-state index in [0.29, 0.717) is 12.1 Å². The van der Waals surface area contributed by atoms with Gasteiger partial charge in [-0.25, -0.2) is 0 Å². The summed E-state index contributed by atoms with van der Waals surface area (Å²) >= 11 is 0. The Morgan fingerprint density at radius 3 is 2.47 bits per heavy atom. The average molecular weight is 430 g/mol. The topological polar surface area (TPSA) is 80.8 Å². The lowest BCUT2D eigenvalue weighted by Gasteiger charge is -2.36. The number of anilines is 1. The lowest BCUT2D eigenvalue weighted by molar-refractivity contribution is 0.0941. The van der Waals surface area contributed by atoms with Gasteiger partial charge in [-0.2, -0.15) is 5.26 Å².